The van der Waals surface area contributed by atoms with Gasteiger partial charge in [0.25, 0.3) is 5.56 Å². The Hall–Kier alpha value is -2.47. The van der Waals surface area contributed by atoms with Gasteiger partial charge in [0.15, 0.2) is 0 Å². The van der Waals surface area contributed by atoms with Gasteiger partial charge in [0.05, 0.1) is 5.69 Å². The molecule has 1 aliphatic rings. The van der Waals surface area contributed by atoms with Gasteiger partial charge >= 0.3 is 0 Å². The third kappa shape index (κ3) is 3.71. The Balaban J connectivity index is 1.72. The van der Waals surface area contributed by atoms with E-state index in [-0.39, 0.29) is 24.1 Å². The molecule has 3 N–H and O–H groups in total. The summed E-state index contributed by atoms with van der Waals surface area (Å²) in [6.45, 7) is 0.500. The molecule has 2 atom stereocenters. The average Bonchev–Trinajstić information content (AvgIpc) is 3.04. The minimum absolute atomic E-state index is 0.0761. The monoisotopic (exact) mass is 326 g/mol. The Kier molecular flexibility index (Phi) is 5.05. The highest BCUT2D eigenvalue weighted by molar-refractivity contribution is 5.76. The first-order chi connectivity index (χ1) is 11.7. The summed E-state index contributed by atoms with van der Waals surface area (Å²) in [5.41, 5.74) is 7.03. The minimum atomic E-state index is -0.286. The lowest BCUT2D eigenvalue weighted by Crippen LogP contribution is -2.42. The predicted molar refractivity (Wildman–Crippen MR) is 92.3 cm³/mol. The summed E-state index contributed by atoms with van der Waals surface area (Å²) in [6.07, 6.45) is 3.07. The molecule has 1 fully saturated rings. The molecular formula is C18H22N4O2. The summed E-state index contributed by atoms with van der Waals surface area (Å²) in [7, 11) is 0. The zero-order valence-electron chi connectivity index (χ0n) is 13.5. The van der Waals surface area contributed by atoms with E-state index in [0.29, 0.717) is 18.2 Å². The number of aromatic nitrogens is 2. The number of amides is 1. The van der Waals surface area contributed by atoms with E-state index in [1.165, 1.54) is 10.7 Å². The van der Waals surface area contributed by atoms with Crippen LogP contribution in [0.1, 0.15) is 19.3 Å². The maximum absolute atomic E-state index is 12.3. The second-order valence-electron chi connectivity index (χ2n) is 6.18. The number of rotatable bonds is 5. The van der Waals surface area contributed by atoms with Crippen LogP contribution in [-0.2, 0) is 11.3 Å². The normalized spacial score (nSPS) is 20.0. The van der Waals surface area contributed by atoms with Crippen molar-refractivity contribution >= 4 is 5.91 Å². The van der Waals surface area contributed by atoms with Crippen molar-refractivity contribution < 1.29 is 4.79 Å². The molecular weight excluding hydrogens is 304 g/mol. The number of nitrogens with zero attached hydrogens (tertiary/aromatic N) is 2. The van der Waals surface area contributed by atoms with Gasteiger partial charge in [-0.2, -0.15) is 5.10 Å². The summed E-state index contributed by atoms with van der Waals surface area (Å²) >= 11 is 0. The molecule has 6 nitrogen and oxygen atoms in total. The molecule has 126 valence electrons. The first-order valence-corrected chi connectivity index (χ1v) is 8.30. The van der Waals surface area contributed by atoms with Crippen LogP contribution in [0, 0.1) is 5.92 Å². The quantitative estimate of drug-likeness (QED) is 0.862. The highest BCUT2D eigenvalue weighted by Gasteiger charge is 2.27. The molecule has 2 unspecified atom stereocenters. The summed E-state index contributed by atoms with van der Waals surface area (Å²) in [5.74, 6) is 0.134. The zero-order valence-corrected chi connectivity index (χ0v) is 13.5. The van der Waals surface area contributed by atoms with Crippen LogP contribution in [0.25, 0.3) is 11.3 Å². The number of carbonyl (C=O) groups excluding carboxylic acids is 1. The molecule has 1 amide bonds. The number of benzene rings is 1. The lowest BCUT2D eigenvalue weighted by atomic mass is 10.0. The van der Waals surface area contributed by atoms with Crippen molar-refractivity contribution in [1.29, 1.82) is 0 Å². The third-order valence-corrected chi connectivity index (χ3v) is 4.54. The maximum Gasteiger partial charge on any atom is 0.267 e. The van der Waals surface area contributed by atoms with Gasteiger partial charge in [-0.15, -0.1) is 0 Å². The topological polar surface area (TPSA) is 90.0 Å². The summed E-state index contributed by atoms with van der Waals surface area (Å²) in [5, 5.41) is 7.31. The molecule has 1 aromatic carbocycles. The van der Waals surface area contributed by atoms with Crippen molar-refractivity contribution in [3.63, 3.8) is 0 Å². The van der Waals surface area contributed by atoms with E-state index < -0.39 is 0 Å². The molecule has 2 aromatic rings. The first-order valence-electron chi connectivity index (χ1n) is 8.30. The van der Waals surface area contributed by atoms with Gasteiger partial charge in [-0.1, -0.05) is 36.8 Å². The van der Waals surface area contributed by atoms with E-state index in [1.807, 2.05) is 30.3 Å². The lowest BCUT2D eigenvalue weighted by molar-refractivity contribution is -0.122. The van der Waals surface area contributed by atoms with Crippen LogP contribution in [0.15, 0.2) is 47.3 Å². The van der Waals surface area contributed by atoms with Crippen LogP contribution in [0.4, 0.5) is 0 Å². The predicted octanol–water partition coefficient (Wildman–Crippen LogP) is 1.15. The van der Waals surface area contributed by atoms with Crippen LogP contribution in [0.3, 0.4) is 0 Å². The lowest BCUT2D eigenvalue weighted by Gasteiger charge is -2.19. The fourth-order valence-corrected chi connectivity index (χ4v) is 3.22. The van der Waals surface area contributed by atoms with Gasteiger partial charge in [0.1, 0.15) is 6.54 Å². The molecule has 0 saturated heterocycles. The highest BCUT2D eigenvalue weighted by atomic mass is 16.2. The number of nitrogens with two attached hydrogens (primary N) is 1. The molecule has 1 saturated carbocycles. The van der Waals surface area contributed by atoms with E-state index in [4.69, 9.17) is 5.73 Å². The number of carbonyl (C=O) groups is 1. The third-order valence-electron chi connectivity index (χ3n) is 4.54. The second-order valence-corrected chi connectivity index (χ2v) is 6.18. The van der Waals surface area contributed by atoms with Gasteiger partial charge in [-0.05, 0) is 31.4 Å². The van der Waals surface area contributed by atoms with Crippen molar-refractivity contribution in [3.05, 3.63) is 52.8 Å². The van der Waals surface area contributed by atoms with Crippen molar-refractivity contribution in [2.75, 3.05) is 6.54 Å². The van der Waals surface area contributed by atoms with Crippen LogP contribution >= 0.6 is 0 Å². The van der Waals surface area contributed by atoms with E-state index in [2.05, 4.69) is 10.4 Å². The highest BCUT2D eigenvalue weighted by Crippen LogP contribution is 2.24. The molecule has 0 radical (unpaired) electrons. The van der Waals surface area contributed by atoms with Crippen molar-refractivity contribution in [1.82, 2.24) is 15.1 Å². The smallest absolute Gasteiger partial charge is 0.267 e. The van der Waals surface area contributed by atoms with Gasteiger partial charge in [0.2, 0.25) is 5.91 Å². The second kappa shape index (κ2) is 7.40. The molecule has 0 bridgehead atoms. The summed E-state index contributed by atoms with van der Waals surface area (Å²) in [4.78, 5) is 24.3. The van der Waals surface area contributed by atoms with Crippen molar-refractivity contribution in [3.8, 4) is 11.3 Å². The number of hydrogen-bond donors (Lipinski definition) is 2. The van der Waals surface area contributed by atoms with Crippen LogP contribution < -0.4 is 16.6 Å². The Morgan fingerprint density at radius 2 is 2.00 bits per heavy atom. The molecule has 0 spiro atoms. The summed E-state index contributed by atoms with van der Waals surface area (Å²) < 4.78 is 1.21. The van der Waals surface area contributed by atoms with Crippen LogP contribution in [0.5, 0.6) is 0 Å². The van der Waals surface area contributed by atoms with Gasteiger partial charge in [0, 0.05) is 17.7 Å². The van der Waals surface area contributed by atoms with Gasteiger partial charge < -0.3 is 11.1 Å². The standard InChI is InChI=1S/C18H22N4O2/c19-11-14-7-4-8-15(14)20-17(23)12-22-18(24)10-9-16(21-22)13-5-2-1-3-6-13/h1-3,5-6,9-10,14-15H,4,7-8,11-12,19H2,(H,20,23). The van der Waals surface area contributed by atoms with Gasteiger partial charge in [-0.3, -0.25) is 9.59 Å². The Morgan fingerprint density at radius 3 is 2.75 bits per heavy atom. The van der Waals surface area contributed by atoms with Crippen molar-refractivity contribution in [2.24, 2.45) is 11.7 Å². The Morgan fingerprint density at radius 1 is 1.21 bits per heavy atom. The minimum Gasteiger partial charge on any atom is -0.351 e. The van der Waals surface area contributed by atoms with Crippen LogP contribution in [0.2, 0.25) is 0 Å². The number of nitrogens with one attached hydrogen (secondary N) is 1. The van der Waals surface area contributed by atoms with Gasteiger partial charge in [-0.25, -0.2) is 4.68 Å². The Labute approximate surface area is 140 Å². The van der Waals surface area contributed by atoms with E-state index in [0.717, 1.165) is 24.8 Å². The Bertz CT molecular complexity index is 757. The molecule has 1 aromatic heterocycles. The molecule has 3 rings (SSSR count). The zero-order chi connectivity index (χ0) is 16.9. The molecule has 24 heavy (non-hydrogen) atoms. The largest absolute Gasteiger partial charge is 0.351 e. The van der Waals surface area contributed by atoms with Crippen molar-refractivity contribution in [2.45, 2.75) is 31.8 Å². The summed E-state index contributed by atoms with van der Waals surface area (Å²) in [6, 6.07) is 12.8. The van der Waals surface area contributed by atoms with E-state index >= 15 is 0 Å². The van der Waals surface area contributed by atoms with Crippen LogP contribution in [-0.4, -0.2) is 28.3 Å². The molecule has 0 aliphatic heterocycles. The fourth-order valence-electron chi connectivity index (χ4n) is 3.22. The average molecular weight is 326 g/mol. The molecule has 1 aliphatic carbocycles. The van der Waals surface area contributed by atoms with E-state index in [9.17, 15) is 9.59 Å². The SMILES string of the molecule is NCC1CCCC1NC(=O)Cn1nc(-c2ccccc2)ccc1=O. The van der Waals surface area contributed by atoms with E-state index in [1.54, 1.807) is 6.07 Å². The first kappa shape index (κ1) is 16.4. The molecule has 6 heteroatoms. The maximum atomic E-state index is 12.3. The fraction of sp³-hybridized carbons (Fsp3) is 0.389. The number of hydrogen-bond acceptors (Lipinski definition) is 4. The molecule has 1 heterocycles.